The van der Waals surface area contributed by atoms with Crippen molar-refractivity contribution < 1.29 is 14.3 Å². The quantitative estimate of drug-likeness (QED) is 0.793. The van der Waals surface area contributed by atoms with Crippen LogP contribution in [-0.4, -0.2) is 49.1 Å². The summed E-state index contributed by atoms with van der Waals surface area (Å²) in [6, 6.07) is 6.60. The maximum atomic E-state index is 12.2. The molecule has 1 aromatic rings. The number of hydrogen-bond donors (Lipinski definition) is 2. The van der Waals surface area contributed by atoms with Gasteiger partial charge >= 0.3 is 0 Å². The monoisotopic (exact) mass is 327 g/mol. The van der Waals surface area contributed by atoms with E-state index < -0.39 is 6.04 Å². The van der Waals surface area contributed by atoms with Gasteiger partial charge in [0.15, 0.2) is 0 Å². The number of hydrogen-bond acceptors (Lipinski definition) is 4. The van der Waals surface area contributed by atoms with Crippen molar-refractivity contribution in [2.75, 3.05) is 32.0 Å². The van der Waals surface area contributed by atoms with Crippen LogP contribution >= 0.6 is 12.4 Å². The summed E-state index contributed by atoms with van der Waals surface area (Å²) in [7, 11) is 0. The summed E-state index contributed by atoms with van der Waals surface area (Å²) in [4.78, 5) is 25.8. The normalized spacial score (nSPS) is 15.6. The van der Waals surface area contributed by atoms with Gasteiger partial charge in [-0.15, -0.1) is 12.4 Å². The number of morpholine rings is 1. The lowest BCUT2D eigenvalue weighted by Gasteiger charge is -2.29. The zero-order chi connectivity index (χ0) is 15.2. The van der Waals surface area contributed by atoms with Crippen molar-refractivity contribution in [3.8, 4) is 0 Å². The SMILES string of the molecule is CC(NC(=O)Cc1ccc(N)cc1)C(=O)N1CCOCC1.Cl. The highest BCUT2D eigenvalue weighted by molar-refractivity contribution is 5.88. The molecule has 6 nitrogen and oxygen atoms in total. The molecule has 1 aliphatic rings. The first-order valence-corrected chi connectivity index (χ1v) is 7.06. The topological polar surface area (TPSA) is 84.7 Å². The second-order valence-corrected chi connectivity index (χ2v) is 5.15. The first-order valence-electron chi connectivity index (χ1n) is 7.06. The van der Waals surface area contributed by atoms with E-state index in [9.17, 15) is 9.59 Å². The number of amides is 2. The van der Waals surface area contributed by atoms with Crippen LogP contribution in [0.2, 0.25) is 0 Å². The largest absolute Gasteiger partial charge is 0.399 e. The van der Waals surface area contributed by atoms with Crippen LogP contribution in [-0.2, 0) is 20.7 Å². The van der Waals surface area contributed by atoms with Crippen LogP contribution < -0.4 is 11.1 Å². The average molecular weight is 328 g/mol. The van der Waals surface area contributed by atoms with Crippen LogP contribution in [0.1, 0.15) is 12.5 Å². The van der Waals surface area contributed by atoms with Crippen molar-refractivity contribution in [2.45, 2.75) is 19.4 Å². The van der Waals surface area contributed by atoms with Gasteiger partial charge in [-0.2, -0.15) is 0 Å². The van der Waals surface area contributed by atoms with Crippen LogP contribution in [0.25, 0.3) is 0 Å². The molecule has 0 spiro atoms. The second-order valence-electron chi connectivity index (χ2n) is 5.15. The first kappa shape index (κ1) is 18.3. The highest BCUT2D eigenvalue weighted by Crippen LogP contribution is 2.06. The molecule has 1 aromatic carbocycles. The molecule has 1 unspecified atom stereocenters. The minimum Gasteiger partial charge on any atom is -0.399 e. The fraction of sp³-hybridized carbons (Fsp3) is 0.467. The third kappa shape index (κ3) is 5.20. The van der Waals surface area contributed by atoms with E-state index in [-0.39, 0.29) is 30.6 Å². The average Bonchev–Trinajstić information content (AvgIpc) is 2.49. The number of anilines is 1. The lowest BCUT2D eigenvalue weighted by atomic mass is 10.1. The fourth-order valence-corrected chi connectivity index (χ4v) is 2.23. The second kappa shape index (κ2) is 8.60. The highest BCUT2D eigenvalue weighted by Gasteiger charge is 2.23. The van der Waals surface area contributed by atoms with Crippen molar-refractivity contribution in [3.05, 3.63) is 29.8 Å². The molecule has 0 aliphatic carbocycles. The summed E-state index contributed by atoms with van der Waals surface area (Å²) in [5, 5.41) is 2.74. The Kier molecular flexibility index (Phi) is 7.14. The molecule has 7 heteroatoms. The Labute approximate surface area is 136 Å². The van der Waals surface area contributed by atoms with E-state index in [1.54, 1.807) is 24.0 Å². The number of halogens is 1. The molecule has 22 heavy (non-hydrogen) atoms. The maximum Gasteiger partial charge on any atom is 0.245 e. The van der Waals surface area contributed by atoms with Gasteiger partial charge in [0, 0.05) is 18.8 Å². The third-order valence-electron chi connectivity index (χ3n) is 3.42. The number of nitrogen functional groups attached to an aromatic ring is 1. The van der Waals surface area contributed by atoms with Crippen LogP contribution in [0, 0.1) is 0 Å². The van der Waals surface area contributed by atoms with E-state index in [0.717, 1.165) is 5.56 Å². The van der Waals surface area contributed by atoms with E-state index in [1.807, 2.05) is 12.1 Å². The van der Waals surface area contributed by atoms with Gasteiger partial charge in [0.1, 0.15) is 6.04 Å². The molecule has 1 atom stereocenters. The van der Waals surface area contributed by atoms with Gasteiger partial charge in [0.25, 0.3) is 0 Å². The fourth-order valence-electron chi connectivity index (χ4n) is 2.23. The Bertz CT molecular complexity index is 501. The number of nitrogens with zero attached hydrogens (tertiary/aromatic N) is 1. The Balaban J connectivity index is 0.00000242. The predicted molar refractivity (Wildman–Crippen MR) is 86.8 cm³/mol. The molecule has 0 radical (unpaired) electrons. The summed E-state index contributed by atoms with van der Waals surface area (Å²) < 4.78 is 5.21. The van der Waals surface area contributed by atoms with Gasteiger partial charge in [-0.1, -0.05) is 12.1 Å². The van der Waals surface area contributed by atoms with Crippen LogP contribution in [0.4, 0.5) is 5.69 Å². The number of carbonyl (C=O) groups excluding carboxylic acids is 2. The minimum absolute atomic E-state index is 0. The summed E-state index contributed by atoms with van der Waals surface area (Å²) in [5.74, 6) is -0.238. The van der Waals surface area contributed by atoms with Crippen molar-refractivity contribution in [1.29, 1.82) is 0 Å². The number of rotatable bonds is 4. The Morgan fingerprint density at radius 3 is 2.45 bits per heavy atom. The van der Waals surface area contributed by atoms with Crippen molar-refractivity contribution in [3.63, 3.8) is 0 Å². The van der Waals surface area contributed by atoms with Gasteiger partial charge in [-0.05, 0) is 24.6 Å². The lowest BCUT2D eigenvalue weighted by Crippen LogP contribution is -2.50. The van der Waals surface area contributed by atoms with Gasteiger partial charge < -0.3 is 20.7 Å². The predicted octanol–water partition coefficient (Wildman–Crippen LogP) is 0.597. The van der Waals surface area contributed by atoms with E-state index in [1.165, 1.54) is 0 Å². The van der Waals surface area contributed by atoms with Crippen LogP contribution in [0.5, 0.6) is 0 Å². The molecule has 0 aromatic heterocycles. The van der Waals surface area contributed by atoms with E-state index >= 15 is 0 Å². The van der Waals surface area contributed by atoms with E-state index in [4.69, 9.17) is 10.5 Å². The molecule has 1 saturated heterocycles. The Morgan fingerprint density at radius 2 is 1.86 bits per heavy atom. The molecule has 1 heterocycles. The third-order valence-corrected chi connectivity index (χ3v) is 3.42. The summed E-state index contributed by atoms with van der Waals surface area (Å²) in [6.07, 6.45) is 0.237. The molecule has 122 valence electrons. The number of nitrogens with one attached hydrogen (secondary N) is 1. The Morgan fingerprint density at radius 1 is 1.27 bits per heavy atom. The van der Waals surface area contributed by atoms with Gasteiger partial charge in [-0.25, -0.2) is 0 Å². The molecule has 2 rings (SSSR count). The molecule has 0 saturated carbocycles. The smallest absolute Gasteiger partial charge is 0.245 e. The number of nitrogens with two attached hydrogens (primary N) is 1. The van der Waals surface area contributed by atoms with Gasteiger partial charge in [-0.3, -0.25) is 9.59 Å². The van der Waals surface area contributed by atoms with Crippen molar-refractivity contribution in [2.24, 2.45) is 0 Å². The van der Waals surface area contributed by atoms with Crippen LogP contribution in [0.3, 0.4) is 0 Å². The molecule has 3 N–H and O–H groups in total. The Hall–Kier alpha value is -1.79. The molecule has 0 bridgehead atoms. The van der Waals surface area contributed by atoms with Crippen molar-refractivity contribution >= 4 is 29.9 Å². The molecule has 2 amide bonds. The highest BCUT2D eigenvalue weighted by atomic mass is 35.5. The molecular formula is C15H22ClN3O3. The van der Waals surface area contributed by atoms with E-state index in [2.05, 4.69) is 5.32 Å². The zero-order valence-corrected chi connectivity index (χ0v) is 13.4. The minimum atomic E-state index is -0.524. The van der Waals surface area contributed by atoms with Crippen LogP contribution in [0.15, 0.2) is 24.3 Å². The molecular weight excluding hydrogens is 306 g/mol. The summed E-state index contributed by atoms with van der Waals surface area (Å²) in [5.41, 5.74) is 7.13. The summed E-state index contributed by atoms with van der Waals surface area (Å²) >= 11 is 0. The van der Waals surface area contributed by atoms with Gasteiger partial charge in [0.2, 0.25) is 11.8 Å². The molecule has 1 aliphatic heterocycles. The number of carbonyl (C=O) groups is 2. The first-order chi connectivity index (χ1) is 10.1. The summed E-state index contributed by atoms with van der Waals surface area (Å²) in [6.45, 7) is 3.97. The van der Waals surface area contributed by atoms with Gasteiger partial charge in [0.05, 0.1) is 19.6 Å². The number of ether oxygens (including phenoxy) is 1. The number of benzene rings is 1. The molecule has 1 fully saturated rings. The zero-order valence-electron chi connectivity index (χ0n) is 12.6. The standard InChI is InChI=1S/C15H21N3O3.ClH/c1-11(15(20)18-6-8-21-9-7-18)17-14(19)10-12-2-4-13(16)5-3-12;/h2-5,11H,6-10,16H2,1H3,(H,17,19);1H. The maximum absolute atomic E-state index is 12.2. The van der Waals surface area contributed by atoms with Crippen molar-refractivity contribution in [1.82, 2.24) is 10.2 Å². The lowest BCUT2D eigenvalue weighted by molar-refractivity contribution is -0.139. The van der Waals surface area contributed by atoms with E-state index in [0.29, 0.717) is 32.0 Å².